The Morgan fingerprint density at radius 1 is 1.15 bits per heavy atom. The zero-order valence-electron chi connectivity index (χ0n) is 24.5. The first-order valence-electron chi connectivity index (χ1n) is 13.7. The van der Waals surface area contributed by atoms with E-state index in [-0.39, 0.29) is 23.6 Å². The first-order valence-corrected chi connectivity index (χ1v) is 13.7. The highest BCUT2D eigenvalue weighted by atomic mass is 16.5. The third kappa shape index (κ3) is 7.91. The van der Waals surface area contributed by atoms with Crippen LogP contribution in [0.5, 0.6) is 5.88 Å². The maximum Gasteiger partial charge on any atom is 0.262 e. The molecule has 0 saturated heterocycles. The number of hydrogen-bond acceptors (Lipinski definition) is 7. The van der Waals surface area contributed by atoms with Crippen molar-refractivity contribution in [3.63, 3.8) is 0 Å². The molecule has 3 aromatic rings. The van der Waals surface area contributed by atoms with Crippen molar-refractivity contribution in [1.82, 2.24) is 20.3 Å². The van der Waals surface area contributed by atoms with Crippen molar-refractivity contribution in [2.75, 3.05) is 14.2 Å². The number of nitrogens with one attached hydrogen (secondary N) is 1. The quantitative estimate of drug-likeness (QED) is 0.170. The Morgan fingerprint density at radius 2 is 1.90 bits per heavy atom. The standard InChI is InChI=1S/C32H40N6O2/c1-8-26(28(24-15-10-9-11-16-24)27-17-18-34-20-35-27)36-30-23(5)19-25(32(38-30)40-7)31(39)37-29(33-6)22(4)14-12-13-21(2)3/h9-13,15-22,28H,8,14H2,1-7H3,(H,33,37,39)/b13-12+,36-26?. The second-order valence-electron chi connectivity index (χ2n) is 9.99. The topological polar surface area (TPSA) is 102 Å². The summed E-state index contributed by atoms with van der Waals surface area (Å²) in [5.74, 6) is 1.36. The number of nitrogens with zero attached hydrogens (tertiary/aromatic N) is 5. The predicted molar refractivity (Wildman–Crippen MR) is 162 cm³/mol. The van der Waals surface area contributed by atoms with Crippen LogP contribution in [0.1, 0.15) is 73.6 Å². The lowest BCUT2D eigenvalue weighted by Crippen LogP contribution is -2.35. The van der Waals surface area contributed by atoms with Gasteiger partial charge in [0.15, 0.2) is 5.82 Å². The lowest BCUT2D eigenvalue weighted by Gasteiger charge is -2.19. The summed E-state index contributed by atoms with van der Waals surface area (Å²) in [5, 5.41) is 2.96. The molecule has 8 nitrogen and oxygen atoms in total. The zero-order chi connectivity index (χ0) is 29.1. The highest BCUT2D eigenvalue weighted by molar-refractivity contribution is 6.08. The number of ether oxygens (including phenoxy) is 1. The van der Waals surface area contributed by atoms with Crippen LogP contribution in [-0.2, 0) is 0 Å². The van der Waals surface area contributed by atoms with Crippen LogP contribution in [0.4, 0.5) is 5.82 Å². The van der Waals surface area contributed by atoms with Crippen LogP contribution in [0, 0.1) is 18.8 Å². The predicted octanol–water partition coefficient (Wildman–Crippen LogP) is 6.50. The Bertz CT molecular complexity index is 1310. The summed E-state index contributed by atoms with van der Waals surface area (Å²) in [5.41, 5.74) is 3.91. The molecular weight excluding hydrogens is 500 g/mol. The van der Waals surface area contributed by atoms with Crippen molar-refractivity contribution in [3.05, 3.63) is 89.5 Å². The second-order valence-corrected chi connectivity index (χ2v) is 9.99. The van der Waals surface area contributed by atoms with Crippen molar-refractivity contribution < 1.29 is 9.53 Å². The number of benzene rings is 1. The van der Waals surface area contributed by atoms with E-state index in [0.717, 1.165) is 29.0 Å². The highest BCUT2D eigenvalue weighted by Gasteiger charge is 2.23. The summed E-state index contributed by atoms with van der Waals surface area (Å²) in [6.07, 6.45) is 9.02. The minimum atomic E-state index is -0.317. The van der Waals surface area contributed by atoms with Crippen molar-refractivity contribution in [2.24, 2.45) is 21.8 Å². The average Bonchev–Trinajstić information content (AvgIpc) is 2.96. The van der Waals surface area contributed by atoms with Gasteiger partial charge in [-0.3, -0.25) is 9.79 Å². The number of allylic oxidation sites excluding steroid dienone is 2. The minimum absolute atomic E-state index is 0.0525. The van der Waals surface area contributed by atoms with Gasteiger partial charge >= 0.3 is 0 Å². The fourth-order valence-electron chi connectivity index (χ4n) is 4.40. The molecule has 1 aromatic carbocycles. The summed E-state index contributed by atoms with van der Waals surface area (Å²) < 4.78 is 5.56. The third-order valence-electron chi connectivity index (χ3n) is 6.53. The van der Waals surface area contributed by atoms with Crippen LogP contribution in [-0.4, -0.2) is 46.6 Å². The van der Waals surface area contributed by atoms with Gasteiger partial charge in [0.1, 0.15) is 17.7 Å². The smallest absolute Gasteiger partial charge is 0.262 e. The fraction of sp³-hybridized carbons (Fsp3) is 0.375. The van der Waals surface area contributed by atoms with Gasteiger partial charge in [-0.2, -0.15) is 4.98 Å². The van der Waals surface area contributed by atoms with Gasteiger partial charge in [0.05, 0.1) is 18.7 Å². The van der Waals surface area contributed by atoms with Gasteiger partial charge in [0.2, 0.25) is 5.88 Å². The SMILES string of the molecule is CCC(=Nc1nc(OC)c(C(=O)NC(=NC)C(C)C/C=C/C(C)C)cc1C)C(c1ccccc1)c1ccncn1. The number of hydrogen-bond donors (Lipinski definition) is 1. The number of pyridine rings is 1. The van der Waals surface area contributed by atoms with Gasteiger partial charge in [-0.15, -0.1) is 0 Å². The Labute approximate surface area is 237 Å². The number of carbonyl (C=O) groups is 1. The molecule has 2 heterocycles. The lowest BCUT2D eigenvalue weighted by atomic mass is 9.89. The molecule has 0 radical (unpaired) electrons. The van der Waals surface area contributed by atoms with Crippen LogP contribution in [0.15, 0.2) is 77.1 Å². The molecule has 0 aliphatic heterocycles. The van der Waals surface area contributed by atoms with Crippen LogP contribution >= 0.6 is 0 Å². The molecule has 2 unspecified atom stereocenters. The Balaban J connectivity index is 1.95. The van der Waals surface area contributed by atoms with Gasteiger partial charge in [0.25, 0.3) is 5.91 Å². The number of aromatic nitrogens is 3. The van der Waals surface area contributed by atoms with E-state index in [1.54, 1.807) is 25.6 Å². The summed E-state index contributed by atoms with van der Waals surface area (Å²) in [6, 6.07) is 13.8. The van der Waals surface area contributed by atoms with Gasteiger partial charge in [0, 0.05) is 24.9 Å². The molecule has 3 rings (SSSR count). The number of methoxy groups -OCH3 is 1. The molecule has 0 bridgehead atoms. The van der Waals surface area contributed by atoms with Gasteiger partial charge in [-0.25, -0.2) is 15.0 Å². The molecule has 0 spiro atoms. The van der Waals surface area contributed by atoms with E-state index in [2.05, 4.69) is 70.3 Å². The van der Waals surface area contributed by atoms with E-state index in [1.807, 2.05) is 38.1 Å². The van der Waals surface area contributed by atoms with Gasteiger partial charge in [-0.05, 0) is 48.9 Å². The molecule has 0 saturated carbocycles. The van der Waals surface area contributed by atoms with Crippen molar-refractivity contribution in [1.29, 1.82) is 0 Å². The maximum absolute atomic E-state index is 13.3. The first kappa shape index (κ1) is 30.3. The Kier molecular flexibility index (Phi) is 11.2. The number of amides is 1. The molecule has 40 heavy (non-hydrogen) atoms. The molecule has 1 amide bonds. The largest absolute Gasteiger partial charge is 0.480 e. The van der Waals surface area contributed by atoms with Crippen molar-refractivity contribution >= 4 is 23.3 Å². The molecule has 0 aliphatic carbocycles. The average molecular weight is 541 g/mol. The van der Waals surface area contributed by atoms with E-state index < -0.39 is 0 Å². The summed E-state index contributed by atoms with van der Waals surface area (Å²) >= 11 is 0. The normalized spacial score (nSPS) is 13.9. The number of aliphatic imine (C=N–C) groups is 2. The number of carbonyl (C=O) groups excluding carboxylic acids is 1. The van der Waals surface area contributed by atoms with E-state index in [1.165, 1.54) is 7.11 Å². The molecular formula is C32H40N6O2. The van der Waals surface area contributed by atoms with E-state index >= 15 is 0 Å². The van der Waals surface area contributed by atoms with Crippen LogP contribution < -0.4 is 10.1 Å². The minimum Gasteiger partial charge on any atom is -0.480 e. The summed E-state index contributed by atoms with van der Waals surface area (Å²) in [4.78, 5) is 35.9. The Morgan fingerprint density at radius 3 is 2.50 bits per heavy atom. The zero-order valence-corrected chi connectivity index (χ0v) is 24.5. The number of aryl methyl sites for hydroxylation is 1. The van der Waals surface area contributed by atoms with Crippen LogP contribution in [0.25, 0.3) is 0 Å². The second kappa shape index (κ2) is 14.8. The number of rotatable bonds is 11. The summed E-state index contributed by atoms with van der Waals surface area (Å²) in [6.45, 7) is 10.3. The number of amidine groups is 1. The van der Waals surface area contributed by atoms with Crippen molar-refractivity contribution in [3.8, 4) is 5.88 Å². The summed E-state index contributed by atoms with van der Waals surface area (Å²) in [7, 11) is 3.19. The van der Waals surface area contributed by atoms with Crippen molar-refractivity contribution in [2.45, 2.75) is 53.4 Å². The molecule has 0 fully saturated rings. The third-order valence-corrected chi connectivity index (χ3v) is 6.53. The molecule has 0 aliphatic rings. The lowest BCUT2D eigenvalue weighted by molar-refractivity contribution is 0.0971. The van der Waals surface area contributed by atoms with Crippen LogP contribution in [0.3, 0.4) is 0 Å². The molecule has 210 valence electrons. The first-order chi connectivity index (χ1) is 19.3. The maximum atomic E-state index is 13.3. The van der Waals surface area contributed by atoms with E-state index in [4.69, 9.17) is 9.73 Å². The highest BCUT2D eigenvalue weighted by Crippen LogP contribution is 2.30. The van der Waals surface area contributed by atoms with Gasteiger partial charge < -0.3 is 10.1 Å². The van der Waals surface area contributed by atoms with Crippen LogP contribution in [0.2, 0.25) is 0 Å². The molecule has 1 N–H and O–H groups in total. The van der Waals surface area contributed by atoms with E-state index in [0.29, 0.717) is 29.6 Å². The molecule has 2 aromatic heterocycles. The Hall–Kier alpha value is -4.20. The molecule has 8 heteroatoms. The molecule has 2 atom stereocenters. The fourth-order valence-corrected chi connectivity index (χ4v) is 4.40. The van der Waals surface area contributed by atoms with Gasteiger partial charge in [-0.1, -0.05) is 70.2 Å². The van der Waals surface area contributed by atoms with E-state index in [9.17, 15) is 4.79 Å². The monoisotopic (exact) mass is 540 g/mol.